The number of rotatable bonds is 5. The van der Waals surface area contributed by atoms with E-state index in [1.807, 2.05) is 6.08 Å². The molecule has 1 atom stereocenters. The van der Waals surface area contributed by atoms with Crippen LogP contribution in [0, 0.1) is 0 Å². The maximum atomic E-state index is 11.9. The summed E-state index contributed by atoms with van der Waals surface area (Å²) < 4.78 is 10.0. The first kappa shape index (κ1) is 20.6. The van der Waals surface area contributed by atoms with Crippen LogP contribution in [-0.4, -0.2) is 60.7 Å². The summed E-state index contributed by atoms with van der Waals surface area (Å²) >= 11 is 0. The van der Waals surface area contributed by atoms with Crippen LogP contribution in [0.5, 0.6) is 0 Å². The first-order chi connectivity index (χ1) is 11.7. The largest absolute Gasteiger partial charge is 0.465 e. The molecule has 0 aromatic rings. The summed E-state index contributed by atoms with van der Waals surface area (Å²) in [5, 5.41) is 2.46. The lowest BCUT2D eigenvalue weighted by Crippen LogP contribution is -2.45. The monoisotopic (exact) mass is 354 g/mol. The number of guanidine groups is 1. The zero-order valence-electron chi connectivity index (χ0n) is 15.1. The average Bonchev–Trinajstić information content (AvgIpc) is 2.93. The minimum absolute atomic E-state index is 0.0835. The standard InChI is InChI=1S/C16H26N4O5/c1-5-24-13(22)12(17)8-11-6-7-20(9-11)14(18-10-21)19-15(23)25-16(2,3)4/h6,10,12H,5,7-9,17H2,1-4H3,(H,18,19,21,23). The van der Waals surface area contributed by atoms with E-state index in [2.05, 4.69) is 10.3 Å². The number of aliphatic imine (C=N–C) groups is 1. The number of alkyl carbamates (subject to hydrolysis) is 1. The summed E-state index contributed by atoms with van der Waals surface area (Å²) in [7, 11) is 0. The van der Waals surface area contributed by atoms with Crippen molar-refractivity contribution in [2.24, 2.45) is 10.7 Å². The smallest absolute Gasteiger partial charge is 0.414 e. The molecule has 0 aromatic carbocycles. The van der Waals surface area contributed by atoms with Gasteiger partial charge in [0.2, 0.25) is 12.4 Å². The highest BCUT2D eigenvalue weighted by atomic mass is 16.6. The fraction of sp³-hybridized carbons (Fsp3) is 0.625. The van der Waals surface area contributed by atoms with Crippen molar-refractivity contribution in [3.05, 3.63) is 11.6 Å². The molecule has 1 rings (SSSR count). The first-order valence-electron chi connectivity index (χ1n) is 8.02. The van der Waals surface area contributed by atoms with Gasteiger partial charge in [-0.2, -0.15) is 4.99 Å². The van der Waals surface area contributed by atoms with Crippen molar-refractivity contribution in [3.63, 3.8) is 0 Å². The Hall–Kier alpha value is -2.42. The molecule has 0 bridgehead atoms. The van der Waals surface area contributed by atoms with E-state index in [9.17, 15) is 14.4 Å². The average molecular weight is 354 g/mol. The zero-order valence-corrected chi connectivity index (χ0v) is 15.1. The van der Waals surface area contributed by atoms with Crippen LogP contribution in [0.2, 0.25) is 0 Å². The molecule has 0 saturated carbocycles. The van der Waals surface area contributed by atoms with Crippen molar-refractivity contribution >= 4 is 24.4 Å². The van der Waals surface area contributed by atoms with Crippen LogP contribution >= 0.6 is 0 Å². The number of nitrogens with one attached hydrogen (secondary N) is 1. The van der Waals surface area contributed by atoms with E-state index in [0.717, 1.165) is 5.57 Å². The second-order valence-corrected chi connectivity index (χ2v) is 6.49. The molecule has 0 aliphatic carbocycles. The minimum Gasteiger partial charge on any atom is -0.465 e. The van der Waals surface area contributed by atoms with Gasteiger partial charge in [0.05, 0.1) is 6.61 Å². The number of ether oxygens (including phenoxy) is 2. The Morgan fingerprint density at radius 2 is 2.16 bits per heavy atom. The first-order valence-corrected chi connectivity index (χ1v) is 8.02. The van der Waals surface area contributed by atoms with Crippen LogP contribution in [0.1, 0.15) is 34.1 Å². The van der Waals surface area contributed by atoms with Crippen molar-refractivity contribution in [1.82, 2.24) is 10.2 Å². The Balaban J connectivity index is 2.62. The third kappa shape index (κ3) is 7.34. The SMILES string of the molecule is CCOC(=O)C(N)CC1=CCN(C(=NC=O)NC(=O)OC(C)(C)C)C1. The van der Waals surface area contributed by atoms with Crippen LogP contribution in [0.15, 0.2) is 16.6 Å². The van der Waals surface area contributed by atoms with Crippen molar-refractivity contribution in [2.45, 2.75) is 45.8 Å². The summed E-state index contributed by atoms with van der Waals surface area (Å²) in [5.74, 6) is -0.379. The molecule has 0 fully saturated rings. The van der Waals surface area contributed by atoms with Gasteiger partial charge in [-0.1, -0.05) is 11.6 Å². The molecule has 3 N–H and O–H groups in total. The Morgan fingerprint density at radius 3 is 2.72 bits per heavy atom. The highest BCUT2D eigenvalue weighted by molar-refractivity contribution is 5.97. The molecule has 1 aliphatic rings. The van der Waals surface area contributed by atoms with Crippen LogP contribution in [0.4, 0.5) is 4.79 Å². The molecule has 1 aliphatic heterocycles. The number of carbonyl (C=O) groups excluding carboxylic acids is 3. The highest BCUT2D eigenvalue weighted by Gasteiger charge is 2.25. The van der Waals surface area contributed by atoms with Gasteiger partial charge in [0.1, 0.15) is 11.6 Å². The lowest BCUT2D eigenvalue weighted by Gasteiger charge is -2.24. The van der Waals surface area contributed by atoms with Gasteiger partial charge in [-0.25, -0.2) is 4.79 Å². The molecular formula is C16H26N4O5. The van der Waals surface area contributed by atoms with E-state index in [1.54, 1.807) is 32.6 Å². The summed E-state index contributed by atoms with van der Waals surface area (Å²) in [5.41, 5.74) is 6.03. The van der Waals surface area contributed by atoms with Gasteiger partial charge in [-0.05, 0) is 34.1 Å². The predicted octanol–water partition coefficient (Wildman–Crippen LogP) is 0.546. The highest BCUT2D eigenvalue weighted by Crippen LogP contribution is 2.15. The predicted molar refractivity (Wildman–Crippen MR) is 91.8 cm³/mol. The second-order valence-electron chi connectivity index (χ2n) is 6.49. The van der Waals surface area contributed by atoms with Crippen molar-refractivity contribution < 1.29 is 23.9 Å². The quantitative estimate of drug-likeness (QED) is 0.243. The van der Waals surface area contributed by atoms with Crippen LogP contribution < -0.4 is 11.1 Å². The molecule has 0 aromatic heterocycles. The molecule has 0 saturated heterocycles. The molecule has 1 unspecified atom stereocenters. The third-order valence-corrected chi connectivity index (χ3v) is 3.15. The van der Waals surface area contributed by atoms with Crippen molar-refractivity contribution in [3.8, 4) is 0 Å². The third-order valence-electron chi connectivity index (χ3n) is 3.15. The van der Waals surface area contributed by atoms with Gasteiger partial charge >= 0.3 is 12.1 Å². The maximum absolute atomic E-state index is 11.9. The molecule has 1 heterocycles. The molecule has 9 heteroatoms. The maximum Gasteiger partial charge on any atom is 0.414 e. The Bertz CT molecular complexity index is 565. The number of amides is 2. The Kier molecular flexibility index (Phi) is 7.56. The van der Waals surface area contributed by atoms with E-state index in [4.69, 9.17) is 15.2 Å². The summed E-state index contributed by atoms with van der Waals surface area (Å²) in [6.07, 6.45) is 1.84. The molecule has 2 amide bonds. The van der Waals surface area contributed by atoms with E-state index < -0.39 is 23.7 Å². The van der Waals surface area contributed by atoms with E-state index in [-0.39, 0.29) is 12.6 Å². The molecule has 0 spiro atoms. The Morgan fingerprint density at radius 1 is 1.48 bits per heavy atom. The van der Waals surface area contributed by atoms with Gasteiger partial charge in [-0.15, -0.1) is 0 Å². The molecule has 0 radical (unpaired) electrons. The van der Waals surface area contributed by atoms with Gasteiger partial charge in [0.15, 0.2) is 0 Å². The van der Waals surface area contributed by atoms with E-state index >= 15 is 0 Å². The Labute approximate surface area is 147 Å². The molecule has 9 nitrogen and oxygen atoms in total. The number of hydrogen-bond donors (Lipinski definition) is 2. The van der Waals surface area contributed by atoms with Gasteiger partial charge < -0.3 is 20.1 Å². The number of hydrogen-bond acceptors (Lipinski definition) is 6. The lowest BCUT2D eigenvalue weighted by molar-refractivity contribution is -0.144. The van der Waals surface area contributed by atoms with E-state index in [0.29, 0.717) is 25.9 Å². The van der Waals surface area contributed by atoms with Crippen LogP contribution in [0.25, 0.3) is 0 Å². The number of esters is 1. The summed E-state index contributed by atoms with van der Waals surface area (Å²) in [4.78, 5) is 39.5. The number of carbonyl (C=O) groups is 3. The minimum atomic E-state index is -0.753. The molecule has 25 heavy (non-hydrogen) atoms. The summed E-state index contributed by atoms with van der Waals surface area (Å²) in [6.45, 7) is 7.99. The van der Waals surface area contributed by atoms with Crippen molar-refractivity contribution in [2.75, 3.05) is 19.7 Å². The van der Waals surface area contributed by atoms with E-state index in [1.165, 1.54) is 0 Å². The van der Waals surface area contributed by atoms with Crippen LogP contribution in [0.3, 0.4) is 0 Å². The molecule has 140 valence electrons. The van der Waals surface area contributed by atoms with Crippen LogP contribution in [-0.2, 0) is 19.1 Å². The van der Waals surface area contributed by atoms with Gasteiger partial charge in [-0.3, -0.25) is 14.9 Å². The fourth-order valence-corrected chi connectivity index (χ4v) is 2.18. The second kappa shape index (κ2) is 9.16. The van der Waals surface area contributed by atoms with Crippen molar-refractivity contribution in [1.29, 1.82) is 0 Å². The number of nitrogens with two attached hydrogens (primary N) is 1. The van der Waals surface area contributed by atoms with Gasteiger partial charge in [0.25, 0.3) is 0 Å². The summed E-state index contributed by atoms with van der Waals surface area (Å²) in [6, 6.07) is -0.753. The fourth-order valence-electron chi connectivity index (χ4n) is 2.18. The number of nitrogens with zero attached hydrogens (tertiary/aromatic N) is 2. The zero-order chi connectivity index (χ0) is 19.0. The van der Waals surface area contributed by atoms with Gasteiger partial charge in [0, 0.05) is 13.1 Å². The topological polar surface area (TPSA) is 123 Å². The molecular weight excluding hydrogens is 328 g/mol. The lowest BCUT2D eigenvalue weighted by atomic mass is 10.1. The normalized spacial score (nSPS) is 16.1.